The highest BCUT2D eigenvalue weighted by atomic mass is 15.3. The molecule has 8 heteroatoms. The van der Waals surface area contributed by atoms with Gasteiger partial charge < -0.3 is 0 Å². The summed E-state index contributed by atoms with van der Waals surface area (Å²) in [6.45, 7) is 0. The molecule has 5 rings (SSSR count). The Morgan fingerprint density at radius 1 is 1.20 bits per heavy atom. The minimum Gasteiger partial charge on any atom is -0.285 e. The second kappa shape index (κ2) is 7.09. The summed E-state index contributed by atoms with van der Waals surface area (Å²) in [6.07, 6.45) is 9.68. The van der Waals surface area contributed by atoms with Crippen molar-refractivity contribution < 1.29 is 0 Å². The molecule has 4 heterocycles. The van der Waals surface area contributed by atoms with E-state index in [9.17, 15) is 5.26 Å². The molecule has 0 bridgehead atoms. The largest absolute Gasteiger partial charge is 0.285 e. The Kier molecular flexibility index (Phi) is 4.26. The molecule has 0 radical (unpaired) electrons. The van der Waals surface area contributed by atoms with Gasteiger partial charge in [-0.2, -0.15) is 20.7 Å². The smallest absolute Gasteiger partial charge is 0.111 e. The lowest BCUT2D eigenvalue weighted by molar-refractivity contribution is 0.0601. The van der Waals surface area contributed by atoms with Crippen molar-refractivity contribution in [2.75, 3.05) is 0 Å². The standard InChI is InChI=1S/C22H18N8/c23-6-3-15-11-22(12-15,5-7-24)30-9-4-18(29-30)21-17-2-1-8-25-20(17)10-19(28-21)16-13-26-27-14-16/h1-2,4,8-10,13-15H,3,5,11-12H2,(H,26,27)/t15-,22+. The molecule has 1 fully saturated rings. The number of pyridine rings is 2. The topological polar surface area (TPSA) is 120 Å². The van der Waals surface area contributed by atoms with Crippen molar-refractivity contribution >= 4 is 10.9 Å². The summed E-state index contributed by atoms with van der Waals surface area (Å²) in [6, 6.07) is 12.3. The van der Waals surface area contributed by atoms with Crippen molar-refractivity contribution in [2.45, 2.75) is 31.2 Å². The van der Waals surface area contributed by atoms with E-state index in [4.69, 9.17) is 15.3 Å². The molecule has 0 spiro atoms. The van der Waals surface area contributed by atoms with Gasteiger partial charge in [0.1, 0.15) is 11.4 Å². The zero-order valence-corrected chi connectivity index (χ0v) is 16.2. The van der Waals surface area contributed by atoms with Gasteiger partial charge in [-0.15, -0.1) is 0 Å². The molecule has 146 valence electrons. The van der Waals surface area contributed by atoms with E-state index in [2.05, 4.69) is 27.3 Å². The first-order valence-corrected chi connectivity index (χ1v) is 9.78. The van der Waals surface area contributed by atoms with Gasteiger partial charge in [-0.25, -0.2) is 4.98 Å². The van der Waals surface area contributed by atoms with Crippen molar-refractivity contribution in [3.63, 3.8) is 0 Å². The van der Waals surface area contributed by atoms with E-state index in [0.717, 1.165) is 46.4 Å². The molecule has 4 aromatic heterocycles. The molecular weight excluding hydrogens is 376 g/mol. The van der Waals surface area contributed by atoms with Crippen molar-refractivity contribution in [1.29, 1.82) is 10.5 Å². The van der Waals surface area contributed by atoms with Crippen LogP contribution in [0.5, 0.6) is 0 Å². The maximum atomic E-state index is 9.37. The maximum Gasteiger partial charge on any atom is 0.111 e. The third-order valence-corrected chi connectivity index (χ3v) is 5.84. The van der Waals surface area contributed by atoms with E-state index in [1.54, 1.807) is 18.6 Å². The summed E-state index contributed by atoms with van der Waals surface area (Å²) in [5, 5.41) is 30.9. The zero-order valence-electron chi connectivity index (χ0n) is 16.2. The highest BCUT2D eigenvalue weighted by Gasteiger charge is 2.46. The lowest BCUT2D eigenvalue weighted by Gasteiger charge is -2.46. The van der Waals surface area contributed by atoms with E-state index in [-0.39, 0.29) is 5.54 Å². The van der Waals surface area contributed by atoms with Crippen molar-refractivity contribution in [3.8, 4) is 34.8 Å². The van der Waals surface area contributed by atoms with E-state index in [0.29, 0.717) is 18.8 Å². The molecule has 0 aliphatic heterocycles. The maximum absolute atomic E-state index is 9.37. The van der Waals surface area contributed by atoms with Crippen molar-refractivity contribution in [2.24, 2.45) is 5.92 Å². The first-order chi connectivity index (χ1) is 14.7. The molecule has 0 amide bonds. The van der Waals surface area contributed by atoms with Gasteiger partial charge in [-0.05, 0) is 43.0 Å². The van der Waals surface area contributed by atoms with Crippen molar-refractivity contribution in [1.82, 2.24) is 29.9 Å². The molecule has 4 aromatic rings. The minimum atomic E-state index is -0.343. The Hall–Kier alpha value is -4.04. The number of hydrogen-bond donors (Lipinski definition) is 1. The van der Waals surface area contributed by atoms with Crippen LogP contribution in [0.25, 0.3) is 33.5 Å². The number of nitriles is 2. The lowest BCUT2D eigenvalue weighted by Crippen LogP contribution is -2.46. The van der Waals surface area contributed by atoms with Crippen LogP contribution in [0.2, 0.25) is 0 Å². The highest BCUT2D eigenvalue weighted by Crippen LogP contribution is 2.47. The van der Waals surface area contributed by atoms with Gasteiger partial charge in [0.05, 0.1) is 41.5 Å². The first kappa shape index (κ1) is 18.0. The molecule has 1 aliphatic rings. The number of hydrogen-bond acceptors (Lipinski definition) is 6. The zero-order chi connectivity index (χ0) is 20.6. The number of rotatable bonds is 5. The normalized spacial score (nSPS) is 20.4. The highest BCUT2D eigenvalue weighted by molar-refractivity contribution is 5.93. The second-order valence-corrected chi connectivity index (χ2v) is 7.75. The Morgan fingerprint density at radius 2 is 2.10 bits per heavy atom. The molecule has 8 nitrogen and oxygen atoms in total. The van der Waals surface area contributed by atoms with E-state index in [1.165, 1.54) is 0 Å². The molecule has 30 heavy (non-hydrogen) atoms. The predicted octanol–water partition coefficient (Wildman–Crippen LogP) is 3.82. The summed E-state index contributed by atoms with van der Waals surface area (Å²) in [5.41, 5.74) is 3.62. The Morgan fingerprint density at radius 3 is 2.87 bits per heavy atom. The van der Waals surface area contributed by atoms with Crippen LogP contribution < -0.4 is 0 Å². The van der Waals surface area contributed by atoms with Gasteiger partial charge in [0, 0.05) is 36.0 Å². The number of aromatic amines is 1. The van der Waals surface area contributed by atoms with Gasteiger partial charge in [0.25, 0.3) is 0 Å². The van der Waals surface area contributed by atoms with Crippen LogP contribution >= 0.6 is 0 Å². The fourth-order valence-electron chi connectivity index (χ4n) is 4.37. The summed E-state index contributed by atoms with van der Waals surface area (Å²) < 4.78 is 1.90. The van der Waals surface area contributed by atoms with E-state index < -0.39 is 0 Å². The van der Waals surface area contributed by atoms with Gasteiger partial charge >= 0.3 is 0 Å². The minimum absolute atomic E-state index is 0.323. The van der Waals surface area contributed by atoms with Gasteiger partial charge in [0.15, 0.2) is 0 Å². The quantitative estimate of drug-likeness (QED) is 0.549. The first-order valence-electron chi connectivity index (χ1n) is 9.78. The Bertz CT molecular complexity index is 1280. The SMILES string of the molecule is N#CC[C@H]1C[C@@](CC#N)(n2ccc(-c3nc(-c4cn[nH]c4)cc4ncccc34)n2)C1. The number of fused-ring (bicyclic) bond motifs is 1. The molecule has 0 saturated heterocycles. The number of H-pyrrole nitrogens is 1. The van der Waals surface area contributed by atoms with Gasteiger partial charge in [-0.3, -0.25) is 14.8 Å². The van der Waals surface area contributed by atoms with Crippen LogP contribution in [-0.4, -0.2) is 29.9 Å². The Balaban J connectivity index is 1.58. The second-order valence-electron chi connectivity index (χ2n) is 7.75. The summed E-state index contributed by atoms with van der Waals surface area (Å²) >= 11 is 0. The van der Waals surface area contributed by atoms with Crippen LogP contribution in [0.4, 0.5) is 0 Å². The fraction of sp³-hybridized carbons (Fsp3) is 0.273. The van der Waals surface area contributed by atoms with E-state index >= 15 is 0 Å². The monoisotopic (exact) mass is 394 g/mol. The summed E-state index contributed by atoms with van der Waals surface area (Å²) in [4.78, 5) is 9.36. The summed E-state index contributed by atoms with van der Waals surface area (Å²) in [5.74, 6) is 0.323. The summed E-state index contributed by atoms with van der Waals surface area (Å²) in [7, 11) is 0. The molecular formula is C22H18N8. The van der Waals surface area contributed by atoms with E-state index in [1.807, 2.05) is 35.1 Å². The average Bonchev–Trinajstić information content (AvgIpc) is 3.44. The molecule has 0 aromatic carbocycles. The van der Waals surface area contributed by atoms with Crippen molar-refractivity contribution in [3.05, 3.63) is 49.1 Å². The van der Waals surface area contributed by atoms with Crippen LogP contribution in [-0.2, 0) is 5.54 Å². The van der Waals surface area contributed by atoms with Crippen LogP contribution in [0.3, 0.4) is 0 Å². The number of aromatic nitrogens is 6. The van der Waals surface area contributed by atoms with Crippen LogP contribution in [0.15, 0.2) is 49.1 Å². The van der Waals surface area contributed by atoms with Crippen LogP contribution in [0.1, 0.15) is 25.7 Å². The third kappa shape index (κ3) is 2.90. The number of nitrogens with zero attached hydrogens (tertiary/aromatic N) is 7. The molecule has 0 unspecified atom stereocenters. The third-order valence-electron chi connectivity index (χ3n) is 5.84. The van der Waals surface area contributed by atoms with Gasteiger partial charge in [0.2, 0.25) is 0 Å². The Labute approximate surface area is 172 Å². The number of nitrogens with one attached hydrogen (secondary N) is 1. The predicted molar refractivity (Wildman–Crippen MR) is 109 cm³/mol. The lowest BCUT2D eigenvalue weighted by atomic mass is 9.66. The molecule has 1 aliphatic carbocycles. The molecule has 0 atom stereocenters. The molecule has 1 N–H and O–H groups in total. The molecule has 1 saturated carbocycles. The fourth-order valence-corrected chi connectivity index (χ4v) is 4.37. The van der Waals surface area contributed by atoms with Gasteiger partial charge in [-0.1, -0.05) is 0 Å². The van der Waals surface area contributed by atoms with Crippen LogP contribution in [0, 0.1) is 28.6 Å². The average molecular weight is 394 g/mol.